The highest BCUT2D eigenvalue weighted by Crippen LogP contribution is 2.53. The second kappa shape index (κ2) is 10.9. The van der Waals surface area contributed by atoms with Gasteiger partial charge in [-0.1, -0.05) is 133 Å². The molecule has 0 fully saturated rings. The molecule has 9 rings (SSSR count). The first kappa shape index (κ1) is 26.9. The maximum atomic E-state index is 15.0. The van der Waals surface area contributed by atoms with Gasteiger partial charge in [0, 0.05) is 45.9 Å². The average Bonchev–Trinajstić information content (AvgIpc) is 3.27. The van der Waals surface area contributed by atoms with Crippen LogP contribution in [0, 0.1) is 0 Å². The monoisotopic (exact) mass is 591 g/mol. The summed E-state index contributed by atoms with van der Waals surface area (Å²) >= 11 is 0. The van der Waals surface area contributed by atoms with E-state index in [1.165, 1.54) is 55.2 Å². The van der Waals surface area contributed by atoms with Crippen LogP contribution in [0.1, 0.15) is 58.1 Å². The van der Waals surface area contributed by atoms with Crippen LogP contribution in [-0.4, -0.2) is 10.4 Å². The van der Waals surface area contributed by atoms with Gasteiger partial charge in [-0.25, -0.2) is 0 Å². The highest BCUT2D eigenvalue weighted by atomic mass is 16.1. The van der Waals surface area contributed by atoms with E-state index in [4.69, 9.17) is 0 Å². The second-order valence-electron chi connectivity index (χ2n) is 12.7. The Morgan fingerprint density at radius 2 is 1.20 bits per heavy atom. The fraction of sp³-hybridized carbons (Fsp3) is 0.114. The third kappa shape index (κ3) is 4.14. The zero-order valence-electron chi connectivity index (χ0n) is 25.6. The molecule has 0 saturated carbocycles. The van der Waals surface area contributed by atoms with Gasteiger partial charge in [0.05, 0.1) is 11.0 Å². The molecule has 2 atom stereocenters. The van der Waals surface area contributed by atoms with Crippen molar-refractivity contribution in [2.24, 2.45) is 0 Å². The summed E-state index contributed by atoms with van der Waals surface area (Å²) in [5, 5.41) is 2.44. The minimum Gasteiger partial charge on any atom is -0.309 e. The number of allylic oxidation sites excluding steroid dienone is 2. The summed E-state index contributed by atoms with van der Waals surface area (Å²) in [5.74, 6) is 0.227. The van der Waals surface area contributed by atoms with E-state index in [2.05, 4.69) is 156 Å². The molecule has 0 spiro atoms. The van der Waals surface area contributed by atoms with Crippen LogP contribution in [-0.2, 0) is 11.2 Å². The van der Waals surface area contributed by atoms with Crippen molar-refractivity contribution in [1.82, 2.24) is 4.57 Å². The Kier molecular flexibility index (Phi) is 6.35. The molecule has 2 heteroatoms. The number of hydrogen-bond acceptors (Lipinski definition) is 1. The molecule has 0 saturated heterocycles. The van der Waals surface area contributed by atoms with Crippen LogP contribution < -0.4 is 0 Å². The quantitative estimate of drug-likeness (QED) is 0.200. The fourth-order valence-electron chi connectivity index (χ4n) is 8.24. The SMILES string of the molecule is O=C1CC(c2ccccc2)c2ccc3c4ccccc4n(-c4ccccc4)c3c2C2=C1c1ccccc1CCC2c1ccccc1. The van der Waals surface area contributed by atoms with Crippen molar-refractivity contribution >= 4 is 38.7 Å². The molecule has 220 valence electrons. The van der Waals surface area contributed by atoms with Crippen molar-refractivity contribution in [3.8, 4) is 5.69 Å². The molecule has 46 heavy (non-hydrogen) atoms. The van der Waals surface area contributed by atoms with Gasteiger partial charge in [0.1, 0.15) is 0 Å². The van der Waals surface area contributed by atoms with Gasteiger partial charge in [-0.3, -0.25) is 4.79 Å². The Bertz CT molecular complexity index is 2290. The van der Waals surface area contributed by atoms with Gasteiger partial charge in [-0.15, -0.1) is 0 Å². The number of carbonyl (C=O) groups is 1. The molecule has 0 bridgehead atoms. The van der Waals surface area contributed by atoms with Crippen molar-refractivity contribution in [2.75, 3.05) is 0 Å². The highest BCUT2D eigenvalue weighted by Gasteiger charge is 2.38. The van der Waals surface area contributed by atoms with Crippen LogP contribution >= 0.6 is 0 Å². The summed E-state index contributed by atoms with van der Waals surface area (Å²) in [4.78, 5) is 15.0. The summed E-state index contributed by atoms with van der Waals surface area (Å²) in [6.07, 6.45) is 2.29. The first-order valence-electron chi connectivity index (χ1n) is 16.4. The molecule has 1 heterocycles. The topological polar surface area (TPSA) is 22.0 Å². The number of nitrogens with zero attached hydrogens (tertiary/aromatic N) is 1. The van der Waals surface area contributed by atoms with E-state index in [9.17, 15) is 4.79 Å². The number of aryl methyl sites for hydroxylation is 1. The fourth-order valence-corrected chi connectivity index (χ4v) is 8.24. The van der Waals surface area contributed by atoms with E-state index in [0.29, 0.717) is 6.42 Å². The van der Waals surface area contributed by atoms with Crippen molar-refractivity contribution in [3.63, 3.8) is 0 Å². The van der Waals surface area contributed by atoms with Crippen LogP contribution in [0.5, 0.6) is 0 Å². The summed E-state index contributed by atoms with van der Waals surface area (Å²) in [6.45, 7) is 0. The molecular weight excluding hydrogens is 558 g/mol. The van der Waals surface area contributed by atoms with Crippen molar-refractivity contribution in [3.05, 3.63) is 185 Å². The van der Waals surface area contributed by atoms with Gasteiger partial charge >= 0.3 is 0 Å². The van der Waals surface area contributed by atoms with Gasteiger partial charge in [0.15, 0.2) is 5.78 Å². The lowest BCUT2D eigenvalue weighted by atomic mass is 9.78. The van der Waals surface area contributed by atoms with E-state index in [-0.39, 0.29) is 17.6 Å². The van der Waals surface area contributed by atoms with Crippen LogP contribution in [0.4, 0.5) is 0 Å². The molecule has 2 aliphatic carbocycles. The normalized spacial score (nSPS) is 17.7. The second-order valence-corrected chi connectivity index (χ2v) is 12.7. The number of rotatable bonds is 3. The smallest absolute Gasteiger partial charge is 0.164 e. The Morgan fingerprint density at radius 3 is 1.96 bits per heavy atom. The lowest BCUT2D eigenvalue weighted by Crippen LogP contribution is -2.09. The predicted molar refractivity (Wildman–Crippen MR) is 189 cm³/mol. The molecule has 1 aromatic heterocycles. The standard InChI is InChI=1S/C44H33NO/c46-40-28-38(30-16-6-2-7-17-30)36-26-27-37-35-22-12-13-23-39(35)45(32-19-8-3-9-20-32)44(37)43(36)42-34(29-14-4-1-5-15-29)25-24-31-18-10-11-21-33(31)41(40)42/h1-23,26-27,34,38H,24-25,28H2. The number of hydrogen-bond donors (Lipinski definition) is 0. The van der Waals surface area contributed by atoms with Crippen molar-refractivity contribution in [1.29, 1.82) is 0 Å². The maximum absolute atomic E-state index is 15.0. The number of para-hydroxylation sites is 2. The number of Topliss-reactive ketones (excluding diaryl/α,β-unsaturated/α-hetero) is 1. The van der Waals surface area contributed by atoms with Crippen LogP contribution in [0.25, 0.3) is 38.6 Å². The first-order valence-corrected chi connectivity index (χ1v) is 16.4. The molecule has 0 N–H and O–H groups in total. The molecule has 2 aliphatic rings. The Morgan fingerprint density at radius 1 is 0.565 bits per heavy atom. The van der Waals surface area contributed by atoms with Gasteiger partial charge in [-0.2, -0.15) is 0 Å². The van der Waals surface area contributed by atoms with Crippen LogP contribution in [0.15, 0.2) is 152 Å². The average molecular weight is 592 g/mol. The number of ketones is 1. The number of benzene rings is 6. The molecule has 6 aromatic carbocycles. The minimum atomic E-state index is -0.0640. The third-order valence-corrected chi connectivity index (χ3v) is 10.2. The lowest BCUT2D eigenvalue weighted by molar-refractivity contribution is -0.113. The Labute approximate surface area is 269 Å². The Hall–Kier alpha value is -5.47. The molecular formula is C44H33NO. The predicted octanol–water partition coefficient (Wildman–Crippen LogP) is 10.5. The Balaban J connectivity index is 1.51. The molecule has 2 nitrogen and oxygen atoms in total. The summed E-state index contributed by atoms with van der Waals surface area (Å²) < 4.78 is 2.45. The molecule has 0 radical (unpaired) electrons. The maximum Gasteiger partial charge on any atom is 0.164 e. The largest absolute Gasteiger partial charge is 0.309 e. The number of aromatic nitrogens is 1. The molecule has 0 amide bonds. The zero-order chi connectivity index (χ0) is 30.6. The highest BCUT2D eigenvalue weighted by molar-refractivity contribution is 6.31. The van der Waals surface area contributed by atoms with Gasteiger partial charge in [0.2, 0.25) is 0 Å². The molecule has 0 aliphatic heterocycles. The first-order chi connectivity index (χ1) is 22.8. The summed E-state index contributed by atoms with van der Waals surface area (Å²) in [5.41, 5.74) is 12.8. The van der Waals surface area contributed by atoms with E-state index >= 15 is 0 Å². The number of fused-ring (bicyclic) bond motifs is 8. The minimum absolute atomic E-state index is 0.0636. The van der Waals surface area contributed by atoms with Crippen LogP contribution in [0.2, 0.25) is 0 Å². The van der Waals surface area contributed by atoms with Gasteiger partial charge < -0.3 is 4.57 Å². The summed E-state index contributed by atoms with van der Waals surface area (Å²) in [6, 6.07) is 54.3. The van der Waals surface area contributed by atoms with Crippen molar-refractivity contribution < 1.29 is 4.79 Å². The number of carbonyl (C=O) groups excluding carboxylic acids is 1. The molecule has 2 unspecified atom stereocenters. The third-order valence-electron chi connectivity index (χ3n) is 10.2. The van der Waals surface area contributed by atoms with E-state index in [1.807, 2.05) is 0 Å². The summed E-state index contributed by atoms with van der Waals surface area (Å²) in [7, 11) is 0. The van der Waals surface area contributed by atoms with Gasteiger partial charge in [0.25, 0.3) is 0 Å². The molecule has 7 aromatic rings. The van der Waals surface area contributed by atoms with E-state index in [1.54, 1.807) is 0 Å². The lowest BCUT2D eigenvalue weighted by Gasteiger charge is -2.26. The van der Waals surface area contributed by atoms with Crippen LogP contribution in [0.3, 0.4) is 0 Å². The van der Waals surface area contributed by atoms with Gasteiger partial charge in [-0.05, 0) is 64.4 Å². The van der Waals surface area contributed by atoms with Crippen molar-refractivity contribution in [2.45, 2.75) is 31.1 Å². The van der Waals surface area contributed by atoms with E-state index in [0.717, 1.165) is 29.7 Å². The zero-order valence-corrected chi connectivity index (χ0v) is 25.6. The van der Waals surface area contributed by atoms with E-state index < -0.39 is 0 Å².